The molecule has 1 aliphatic heterocycles. The number of nitrogens with one attached hydrogen (secondary N) is 1. The molecule has 1 aromatic rings. The van der Waals surface area contributed by atoms with Crippen molar-refractivity contribution in [2.45, 2.75) is 33.2 Å². The van der Waals surface area contributed by atoms with Gasteiger partial charge in [-0.05, 0) is 43.5 Å². The summed E-state index contributed by atoms with van der Waals surface area (Å²) in [6.07, 6.45) is 0.973. The standard InChI is InChI=1S/C19H32N4O.ClH/c1-15(2)18(20)19(24)21-8-5-9-22-10-12-23(13-11-22)17-7-4-6-16(3)14-17;/h4,6-7,14-15,18H,5,8-13,20H2,1-3H3,(H,21,24);1H/t18-;/m0./s1. The first-order valence-electron chi connectivity index (χ1n) is 9.04. The smallest absolute Gasteiger partial charge is 0.237 e. The zero-order valence-corrected chi connectivity index (χ0v) is 16.5. The molecule has 1 atom stereocenters. The summed E-state index contributed by atoms with van der Waals surface area (Å²) < 4.78 is 0. The van der Waals surface area contributed by atoms with Gasteiger partial charge in [0.1, 0.15) is 0 Å². The normalized spacial score (nSPS) is 16.4. The first-order chi connectivity index (χ1) is 11.5. The number of hydrogen-bond donors (Lipinski definition) is 2. The van der Waals surface area contributed by atoms with Crippen LogP contribution in [0.15, 0.2) is 24.3 Å². The van der Waals surface area contributed by atoms with Crippen LogP contribution < -0.4 is 16.0 Å². The van der Waals surface area contributed by atoms with E-state index in [0.29, 0.717) is 6.54 Å². The lowest BCUT2D eigenvalue weighted by Gasteiger charge is -2.36. The van der Waals surface area contributed by atoms with Crippen molar-refractivity contribution in [2.24, 2.45) is 11.7 Å². The Balaban J connectivity index is 0.00000312. The van der Waals surface area contributed by atoms with E-state index < -0.39 is 6.04 Å². The molecular formula is C19H33ClN4O. The molecule has 0 unspecified atom stereocenters. The third-order valence-electron chi connectivity index (χ3n) is 4.71. The molecule has 0 bridgehead atoms. The first-order valence-corrected chi connectivity index (χ1v) is 9.04. The fourth-order valence-electron chi connectivity index (χ4n) is 2.99. The van der Waals surface area contributed by atoms with E-state index in [1.54, 1.807) is 0 Å². The molecule has 1 aliphatic rings. The molecule has 25 heavy (non-hydrogen) atoms. The van der Waals surface area contributed by atoms with Crippen LogP contribution in [0.2, 0.25) is 0 Å². The predicted molar refractivity (Wildman–Crippen MR) is 108 cm³/mol. The molecule has 0 aromatic heterocycles. The second-order valence-electron chi connectivity index (χ2n) is 7.08. The number of carbonyl (C=O) groups is 1. The summed E-state index contributed by atoms with van der Waals surface area (Å²) in [4.78, 5) is 16.7. The third kappa shape index (κ3) is 6.84. The minimum Gasteiger partial charge on any atom is -0.369 e. The maximum Gasteiger partial charge on any atom is 0.237 e. The molecular weight excluding hydrogens is 336 g/mol. The number of hydrogen-bond acceptors (Lipinski definition) is 4. The van der Waals surface area contributed by atoms with Gasteiger partial charge < -0.3 is 16.0 Å². The molecule has 3 N–H and O–H groups in total. The van der Waals surface area contributed by atoms with Gasteiger partial charge in [0.15, 0.2) is 0 Å². The van der Waals surface area contributed by atoms with Crippen LogP contribution in [0.3, 0.4) is 0 Å². The summed E-state index contributed by atoms with van der Waals surface area (Å²) >= 11 is 0. The Bertz CT molecular complexity index is 530. The van der Waals surface area contributed by atoms with Crippen LogP contribution in [0, 0.1) is 12.8 Å². The van der Waals surface area contributed by atoms with Gasteiger partial charge in [0.05, 0.1) is 6.04 Å². The molecule has 1 fully saturated rings. The molecule has 0 aliphatic carbocycles. The molecule has 6 heteroatoms. The van der Waals surface area contributed by atoms with Gasteiger partial charge in [-0.2, -0.15) is 0 Å². The van der Waals surface area contributed by atoms with Crippen LogP contribution in [0.25, 0.3) is 0 Å². The highest BCUT2D eigenvalue weighted by molar-refractivity contribution is 5.85. The van der Waals surface area contributed by atoms with Crippen LogP contribution in [-0.4, -0.2) is 56.1 Å². The first kappa shape index (κ1) is 21.7. The monoisotopic (exact) mass is 368 g/mol. The van der Waals surface area contributed by atoms with E-state index in [4.69, 9.17) is 5.73 Å². The largest absolute Gasteiger partial charge is 0.369 e. The molecule has 5 nitrogen and oxygen atoms in total. The second-order valence-corrected chi connectivity index (χ2v) is 7.08. The highest BCUT2D eigenvalue weighted by atomic mass is 35.5. The molecule has 0 spiro atoms. The average Bonchev–Trinajstić information content (AvgIpc) is 2.58. The number of carbonyl (C=O) groups excluding carboxylic acids is 1. The minimum atomic E-state index is -0.400. The number of halogens is 1. The van der Waals surface area contributed by atoms with Crippen molar-refractivity contribution in [3.05, 3.63) is 29.8 Å². The predicted octanol–water partition coefficient (Wildman–Crippen LogP) is 2.03. The Hall–Kier alpha value is -1.30. The van der Waals surface area contributed by atoms with Crippen molar-refractivity contribution in [2.75, 3.05) is 44.2 Å². The zero-order chi connectivity index (χ0) is 17.5. The molecule has 142 valence electrons. The lowest BCUT2D eigenvalue weighted by Crippen LogP contribution is -2.47. The third-order valence-corrected chi connectivity index (χ3v) is 4.71. The van der Waals surface area contributed by atoms with E-state index in [1.165, 1.54) is 11.3 Å². The number of nitrogens with two attached hydrogens (primary N) is 1. The van der Waals surface area contributed by atoms with E-state index >= 15 is 0 Å². The molecule has 1 saturated heterocycles. The van der Waals surface area contributed by atoms with Crippen molar-refractivity contribution in [3.8, 4) is 0 Å². The second kappa shape index (κ2) is 10.6. The topological polar surface area (TPSA) is 61.6 Å². The Kier molecular flexibility index (Phi) is 9.25. The molecule has 1 aromatic carbocycles. The van der Waals surface area contributed by atoms with E-state index in [1.807, 2.05) is 13.8 Å². The van der Waals surface area contributed by atoms with Crippen LogP contribution in [0.1, 0.15) is 25.8 Å². The summed E-state index contributed by atoms with van der Waals surface area (Å²) in [6.45, 7) is 12.1. The lowest BCUT2D eigenvalue weighted by atomic mass is 10.1. The number of anilines is 1. The van der Waals surface area contributed by atoms with Gasteiger partial charge in [0.25, 0.3) is 0 Å². The van der Waals surface area contributed by atoms with Gasteiger partial charge in [0, 0.05) is 38.4 Å². The van der Waals surface area contributed by atoms with Crippen molar-refractivity contribution in [1.29, 1.82) is 0 Å². The number of aryl methyl sites for hydroxylation is 1. The van der Waals surface area contributed by atoms with Crippen LogP contribution in [0.5, 0.6) is 0 Å². The molecule has 1 heterocycles. The van der Waals surface area contributed by atoms with Gasteiger partial charge in [0.2, 0.25) is 5.91 Å². The molecule has 2 rings (SSSR count). The number of rotatable bonds is 7. The maximum absolute atomic E-state index is 11.8. The van der Waals surface area contributed by atoms with E-state index in [-0.39, 0.29) is 24.2 Å². The van der Waals surface area contributed by atoms with Gasteiger partial charge in [-0.1, -0.05) is 26.0 Å². The van der Waals surface area contributed by atoms with Crippen LogP contribution >= 0.6 is 12.4 Å². The Morgan fingerprint density at radius 2 is 1.92 bits per heavy atom. The van der Waals surface area contributed by atoms with Crippen molar-refractivity contribution in [1.82, 2.24) is 10.2 Å². The van der Waals surface area contributed by atoms with E-state index in [9.17, 15) is 4.79 Å². The summed E-state index contributed by atoms with van der Waals surface area (Å²) in [7, 11) is 0. The number of piperazine rings is 1. The number of benzene rings is 1. The fourth-order valence-corrected chi connectivity index (χ4v) is 2.99. The lowest BCUT2D eigenvalue weighted by molar-refractivity contribution is -0.123. The minimum absolute atomic E-state index is 0. The van der Waals surface area contributed by atoms with Gasteiger partial charge >= 0.3 is 0 Å². The Morgan fingerprint density at radius 1 is 1.24 bits per heavy atom. The Labute approximate surface area is 158 Å². The zero-order valence-electron chi connectivity index (χ0n) is 15.7. The fraction of sp³-hybridized carbons (Fsp3) is 0.632. The van der Waals surface area contributed by atoms with Crippen molar-refractivity contribution < 1.29 is 4.79 Å². The van der Waals surface area contributed by atoms with Gasteiger partial charge in [-0.15, -0.1) is 12.4 Å². The van der Waals surface area contributed by atoms with Gasteiger partial charge in [-0.3, -0.25) is 9.69 Å². The van der Waals surface area contributed by atoms with E-state index in [2.05, 4.69) is 46.3 Å². The summed E-state index contributed by atoms with van der Waals surface area (Å²) in [6, 6.07) is 8.31. The average molecular weight is 369 g/mol. The van der Waals surface area contributed by atoms with Crippen LogP contribution in [0.4, 0.5) is 5.69 Å². The number of amides is 1. The van der Waals surface area contributed by atoms with E-state index in [0.717, 1.165) is 39.1 Å². The molecule has 0 saturated carbocycles. The maximum atomic E-state index is 11.8. The summed E-state index contributed by atoms with van der Waals surface area (Å²) in [5.41, 5.74) is 8.47. The highest BCUT2D eigenvalue weighted by Crippen LogP contribution is 2.17. The van der Waals surface area contributed by atoms with Crippen LogP contribution in [-0.2, 0) is 4.79 Å². The quantitative estimate of drug-likeness (QED) is 0.723. The van der Waals surface area contributed by atoms with Gasteiger partial charge in [-0.25, -0.2) is 0 Å². The Morgan fingerprint density at radius 3 is 2.52 bits per heavy atom. The van der Waals surface area contributed by atoms with Crippen molar-refractivity contribution >= 4 is 24.0 Å². The SMILES string of the molecule is Cc1cccc(N2CCN(CCCNC(=O)[C@@H](N)C(C)C)CC2)c1.Cl. The molecule has 1 amide bonds. The molecule has 0 radical (unpaired) electrons. The number of nitrogens with zero attached hydrogens (tertiary/aromatic N) is 2. The van der Waals surface area contributed by atoms with Crippen molar-refractivity contribution in [3.63, 3.8) is 0 Å². The highest BCUT2D eigenvalue weighted by Gasteiger charge is 2.18. The summed E-state index contributed by atoms with van der Waals surface area (Å²) in [5, 5.41) is 2.94. The summed E-state index contributed by atoms with van der Waals surface area (Å²) in [5.74, 6) is 0.147.